The molecule has 2 atom stereocenters. The molecule has 0 aromatic carbocycles. The topological polar surface area (TPSA) is 29.1 Å². The highest BCUT2D eigenvalue weighted by atomic mass is 32.2. The molecule has 13 heavy (non-hydrogen) atoms. The summed E-state index contributed by atoms with van der Waals surface area (Å²) >= 11 is 0. The van der Waals surface area contributed by atoms with E-state index in [2.05, 4.69) is 19.2 Å². The van der Waals surface area contributed by atoms with Crippen molar-refractivity contribution in [2.75, 3.05) is 18.6 Å². The highest BCUT2D eigenvalue weighted by Gasteiger charge is 2.03. The van der Waals surface area contributed by atoms with Crippen LogP contribution >= 0.6 is 0 Å². The molecule has 0 aromatic heterocycles. The maximum Gasteiger partial charge on any atom is 0.0357 e. The second-order valence-corrected chi connectivity index (χ2v) is 5.03. The second-order valence-electron chi connectivity index (χ2n) is 3.48. The van der Waals surface area contributed by atoms with Gasteiger partial charge in [0.15, 0.2) is 0 Å². The van der Waals surface area contributed by atoms with Crippen LogP contribution in [0.15, 0.2) is 0 Å². The van der Waals surface area contributed by atoms with E-state index in [1.54, 1.807) is 6.26 Å². The number of nitrogens with one attached hydrogen (secondary N) is 1. The van der Waals surface area contributed by atoms with Crippen molar-refractivity contribution in [3.8, 4) is 0 Å². The molecule has 0 spiro atoms. The van der Waals surface area contributed by atoms with Gasteiger partial charge in [-0.3, -0.25) is 4.21 Å². The lowest BCUT2D eigenvalue weighted by Gasteiger charge is -2.15. The summed E-state index contributed by atoms with van der Waals surface area (Å²) in [6.45, 7) is 5.31. The lowest BCUT2D eigenvalue weighted by molar-refractivity contribution is 0.465. The van der Waals surface area contributed by atoms with Crippen molar-refractivity contribution >= 4 is 10.8 Å². The predicted octanol–water partition coefficient (Wildman–Crippen LogP) is 1.92. The van der Waals surface area contributed by atoms with Crippen molar-refractivity contribution in [2.24, 2.45) is 0 Å². The van der Waals surface area contributed by atoms with E-state index in [-0.39, 0.29) is 0 Å². The third-order valence-electron chi connectivity index (χ3n) is 2.22. The zero-order chi connectivity index (χ0) is 10.1. The van der Waals surface area contributed by atoms with Gasteiger partial charge < -0.3 is 5.32 Å². The van der Waals surface area contributed by atoms with Crippen molar-refractivity contribution < 1.29 is 4.21 Å². The predicted molar refractivity (Wildman–Crippen MR) is 60.5 cm³/mol. The van der Waals surface area contributed by atoms with Crippen molar-refractivity contribution in [2.45, 2.75) is 45.6 Å². The minimum Gasteiger partial charge on any atom is -0.313 e. The first-order valence-electron chi connectivity index (χ1n) is 5.24. The van der Waals surface area contributed by atoms with Crippen LogP contribution < -0.4 is 5.32 Å². The van der Waals surface area contributed by atoms with Gasteiger partial charge in [-0.05, 0) is 12.8 Å². The lowest BCUT2D eigenvalue weighted by atomic mass is 10.1. The molecular formula is C10H23NOS. The average molecular weight is 205 g/mol. The van der Waals surface area contributed by atoms with Gasteiger partial charge in [0.05, 0.1) is 0 Å². The lowest BCUT2D eigenvalue weighted by Crippen LogP contribution is -2.31. The summed E-state index contributed by atoms with van der Waals surface area (Å²) in [5.41, 5.74) is 0. The van der Waals surface area contributed by atoms with E-state index >= 15 is 0 Å². The molecule has 0 rings (SSSR count). The SMILES string of the molecule is CCCCC(CC)NCCS(C)=O. The number of hydrogen-bond acceptors (Lipinski definition) is 2. The van der Waals surface area contributed by atoms with Crippen molar-refractivity contribution in [3.05, 3.63) is 0 Å². The quantitative estimate of drug-likeness (QED) is 0.656. The van der Waals surface area contributed by atoms with Gasteiger partial charge in [0, 0.05) is 35.4 Å². The normalized spacial score (nSPS) is 15.6. The van der Waals surface area contributed by atoms with Crippen LogP contribution in [0.1, 0.15) is 39.5 Å². The smallest absolute Gasteiger partial charge is 0.0357 e. The van der Waals surface area contributed by atoms with Gasteiger partial charge in [0.1, 0.15) is 0 Å². The van der Waals surface area contributed by atoms with E-state index in [0.717, 1.165) is 12.3 Å². The summed E-state index contributed by atoms with van der Waals surface area (Å²) in [6, 6.07) is 0.628. The summed E-state index contributed by atoms with van der Waals surface area (Å²) in [5.74, 6) is 0.780. The molecule has 0 aliphatic heterocycles. The van der Waals surface area contributed by atoms with Gasteiger partial charge in [0.25, 0.3) is 0 Å². The minimum absolute atomic E-state index is 0.628. The second kappa shape index (κ2) is 8.70. The molecule has 0 saturated heterocycles. The first-order chi connectivity index (χ1) is 6.20. The zero-order valence-electron chi connectivity index (χ0n) is 9.14. The maximum atomic E-state index is 10.8. The highest BCUT2D eigenvalue weighted by molar-refractivity contribution is 7.84. The fraction of sp³-hybridized carbons (Fsp3) is 1.00. The summed E-state index contributed by atoms with van der Waals surface area (Å²) in [7, 11) is -0.652. The maximum absolute atomic E-state index is 10.8. The Labute approximate surface area is 84.9 Å². The zero-order valence-corrected chi connectivity index (χ0v) is 9.95. The molecule has 1 N–H and O–H groups in total. The molecule has 0 aliphatic rings. The number of rotatable bonds is 8. The summed E-state index contributed by atoms with van der Waals surface area (Å²) in [6.07, 6.45) is 6.74. The van der Waals surface area contributed by atoms with Crippen molar-refractivity contribution in [1.29, 1.82) is 0 Å². The van der Waals surface area contributed by atoms with Crippen LogP contribution in [0.2, 0.25) is 0 Å². The molecule has 80 valence electrons. The number of hydrogen-bond donors (Lipinski definition) is 1. The van der Waals surface area contributed by atoms with Crippen LogP contribution in [0.25, 0.3) is 0 Å². The van der Waals surface area contributed by atoms with Gasteiger partial charge in [0.2, 0.25) is 0 Å². The van der Waals surface area contributed by atoms with E-state index < -0.39 is 10.8 Å². The van der Waals surface area contributed by atoms with E-state index in [1.807, 2.05) is 0 Å². The Balaban J connectivity index is 3.41. The van der Waals surface area contributed by atoms with E-state index in [4.69, 9.17) is 0 Å². The Kier molecular flexibility index (Phi) is 8.77. The average Bonchev–Trinajstić information content (AvgIpc) is 2.10. The fourth-order valence-electron chi connectivity index (χ4n) is 1.31. The van der Waals surface area contributed by atoms with Crippen LogP contribution in [0, 0.1) is 0 Å². The third kappa shape index (κ3) is 8.44. The Morgan fingerprint density at radius 3 is 2.54 bits per heavy atom. The van der Waals surface area contributed by atoms with Gasteiger partial charge in [-0.2, -0.15) is 0 Å². The Bertz CT molecular complexity index is 139. The molecule has 0 fully saturated rings. The largest absolute Gasteiger partial charge is 0.313 e. The number of unbranched alkanes of at least 4 members (excludes halogenated alkanes) is 1. The highest BCUT2D eigenvalue weighted by Crippen LogP contribution is 2.03. The van der Waals surface area contributed by atoms with Gasteiger partial charge in [-0.25, -0.2) is 0 Å². The Morgan fingerprint density at radius 1 is 1.38 bits per heavy atom. The van der Waals surface area contributed by atoms with Gasteiger partial charge in [-0.1, -0.05) is 26.7 Å². The molecule has 0 saturated carbocycles. The minimum atomic E-state index is -0.652. The summed E-state index contributed by atoms with van der Waals surface area (Å²) in [4.78, 5) is 0. The van der Waals surface area contributed by atoms with Crippen molar-refractivity contribution in [1.82, 2.24) is 5.32 Å². The molecule has 0 bridgehead atoms. The van der Waals surface area contributed by atoms with E-state index in [1.165, 1.54) is 25.7 Å². The van der Waals surface area contributed by atoms with Crippen molar-refractivity contribution in [3.63, 3.8) is 0 Å². The van der Waals surface area contributed by atoms with Gasteiger partial charge >= 0.3 is 0 Å². The monoisotopic (exact) mass is 205 g/mol. The molecule has 2 nitrogen and oxygen atoms in total. The molecule has 0 radical (unpaired) electrons. The van der Waals surface area contributed by atoms with E-state index in [0.29, 0.717) is 6.04 Å². The molecule has 0 aromatic rings. The first kappa shape index (κ1) is 13.1. The fourth-order valence-corrected chi connectivity index (χ4v) is 1.71. The molecule has 3 heteroatoms. The standard InChI is InChI=1S/C10H23NOS/c1-4-6-7-10(5-2)11-8-9-13(3)12/h10-11H,4-9H2,1-3H3. The third-order valence-corrected chi connectivity index (χ3v) is 3.00. The van der Waals surface area contributed by atoms with Crippen LogP contribution in [-0.4, -0.2) is 28.8 Å². The summed E-state index contributed by atoms with van der Waals surface area (Å²) in [5, 5.41) is 3.44. The Morgan fingerprint density at radius 2 is 2.08 bits per heavy atom. The van der Waals surface area contributed by atoms with Crippen LogP contribution in [-0.2, 0) is 10.8 Å². The Hall–Kier alpha value is 0.110. The first-order valence-corrected chi connectivity index (χ1v) is 6.96. The summed E-state index contributed by atoms with van der Waals surface area (Å²) < 4.78 is 10.8. The van der Waals surface area contributed by atoms with Gasteiger partial charge in [-0.15, -0.1) is 0 Å². The molecular weight excluding hydrogens is 182 g/mol. The molecule has 0 aliphatic carbocycles. The van der Waals surface area contributed by atoms with Crippen LogP contribution in [0.3, 0.4) is 0 Å². The molecule has 0 amide bonds. The van der Waals surface area contributed by atoms with E-state index in [9.17, 15) is 4.21 Å². The molecule has 2 unspecified atom stereocenters. The van der Waals surface area contributed by atoms with Crippen LogP contribution in [0.4, 0.5) is 0 Å². The van der Waals surface area contributed by atoms with Crippen LogP contribution in [0.5, 0.6) is 0 Å². The molecule has 0 heterocycles.